The van der Waals surface area contributed by atoms with Crippen molar-refractivity contribution in [2.45, 2.75) is 24.8 Å². The minimum absolute atomic E-state index is 0.0499. The highest BCUT2D eigenvalue weighted by Crippen LogP contribution is 2.35. The van der Waals surface area contributed by atoms with Gasteiger partial charge in [-0.25, -0.2) is 9.97 Å². The fourth-order valence-corrected chi connectivity index (χ4v) is 2.12. The molecular weight excluding hydrogens is 312 g/mol. The summed E-state index contributed by atoms with van der Waals surface area (Å²) in [6.45, 7) is 0. The van der Waals surface area contributed by atoms with Crippen molar-refractivity contribution in [3.05, 3.63) is 16.0 Å². The maximum absolute atomic E-state index is 5.92. The van der Waals surface area contributed by atoms with Gasteiger partial charge in [0, 0.05) is 21.8 Å². The third-order valence-electron chi connectivity index (χ3n) is 2.56. The second-order valence-corrected chi connectivity index (χ2v) is 5.13. The monoisotopic (exact) mass is 323 g/mol. The average molecular weight is 324 g/mol. The Balaban J connectivity index is 2.06. The molecule has 2 rings (SSSR count). The van der Waals surface area contributed by atoms with Crippen LogP contribution in [0.5, 0.6) is 0 Å². The fraction of sp³-hybridized carbons (Fsp3) is 0.556. The maximum Gasteiger partial charge on any atom is 0.223 e. The van der Waals surface area contributed by atoms with Gasteiger partial charge in [-0.15, -0.1) is 11.6 Å². The summed E-state index contributed by atoms with van der Waals surface area (Å²) in [5.74, 6) is 1.31. The van der Waals surface area contributed by atoms with E-state index in [0.717, 1.165) is 16.4 Å². The van der Waals surface area contributed by atoms with Gasteiger partial charge < -0.3 is 5.32 Å². The molecule has 0 spiro atoms. The Hall–Kier alpha value is -0.100. The normalized spacial score (nSPS) is 18.7. The number of anilines is 1. The molecule has 0 unspecified atom stereocenters. The van der Waals surface area contributed by atoms with Crippen LogP contribution in [0.1, 0.15) is 19.3 Å². The number of hydrogen-bond acceptors (Lipinski definition) is 3. The highest BCUT2D eigenvalue weighted by molar-refractivity contribution is 14.1. The molecule has 1 heterocycles. The Bertz CT molecular complexity index is 305. The van der Waals surface area contributed by atoms with Gasteiger partial charge >= 0.3 is 0 Å². The summed E-state index contributed by atoms with van der Waals surface area (Å²) in [7, 11) is 0. The van der Waals surface area contributed by atoms with Crippen molar-refractivity contribution in [1.29, 1.82) is 0 Å². The third-order valence-corrected chi connectivity index (χ3v) is 3.63. The van der Waals surface area contributed by atoms with Crippen molar-refractivity contribution in [3.8, 4) is 0 Å². The van der Waals surface area contributed by atoms with E-state index in [9.17, 15) is 0 Å². The van der Waals surface area contributed by atoms with Gasteiger partial charge in [0.05, 0.1) is 5.54 Å². The Morgan fingerprint density at radius 3 is 2.50 bits per heavy atom. The minimum Gasteiger partial charge on any atom is -0.348 e. The molecular formula is C9H11ClIN3. The number of hydrogen-bond donors (Lipinski definition) is 1. The quantitative estimate of drug-likeness (QED) is 0.686. The Labute approximate surface area is 102 Å². The summed E-state index contributed by atoms with van der Waals surface area (Å²) in [4.78, 5) is 8.41. The number of halogens is 2. The molecule has 1 aromatic rings. The van der Waals surface area contributed by atoms with E-state index in [-0.39, 0.29) is 5.54 Å². The molecule has 1 aromatic heterocycles. The molecule has 14 heavy (non-hydrogen) atoms. The van der Waals surface area contributed by atoms with E-state index in [0.29, 0.717) is 11.8 Å². The molecule has 0 atom stereocenters. The summed E-state index contributed by atoms with van der Waals surface area (Å²) < 4.78 is 1.04. The molecule has 1 saturated carbocycles. The van der Waals surface area contributed by atoms with Crippen LogP contribution in [-0.4, -0.2) is 21.4 Å². The van der Waals surface area contributed by atoms with E-state index in [1.807, 2.05) is 0 Å². The summed E-state index contributed by atoms with van der Waals surface area (Å²) in [5, 5.41) is 3.31. The van der Waals surface area contributed by atoms with Gasteiger partial charge in [-0.2, -0.15) is 0 Å². The van der Waals surface area contributed by atoms with Crippen LogP contribution >= 0.6 is 34.2 Å². The lowest BCUT2D eigenvalue weighted by atomic mass is 9.78. The van der Waals surface area contributed by atoms with Crippen molar-refractivity contribution in [3.63, 3.8) is 0 Å². The molecule has 0 amide bonds. The van der Waals surface area contributed by atoms with E-state index in [4.69, 9.17) is 11.6 Å². The van der Waals surface area contributed by atoms with Crippen LogP contribution in [-0.2, 0) is 0 Å². The van der Waals surface area contributed by atoms with Crippen molar-refractivity contribution < 1.29 is 0 Å². The zero-order chi connectivity index (χ0) is 10.0. The Kier molecular flexibility index (Phi) is 3.11. The van der Waals surface area contributed by atoms with E-state index < -0.39 is 0 Å². The lowest BCUT2D eigenvalue weighted by Gasteiger charge is -2.40. The van der Waals surface area contributed by atoms with E-state index >= 15 is 0 Å². The van der Waals surface area contributed by atoms with Crippen molar-refractivity contribution in [2.75, 3.05) is 11.2 Å². The van der Waals surface area contributed by atoms with Crippen LogP contribution in [0.3, 0.4) is 0 Å². The van der Waals surface area contributed by atoms with E-state index in [2.05, 4.69) is 37.9 Å². The molecule has 1 aliphatic carbocycles. The molecule has 76 valence electrons. The summed E-state index contributed by atoms with van der Waals surface area (Å²) >= 11 is 8.11. The summed E-state index contributed by atoms with van der Waals surface area (Å²) in [6, 6.07) is 0. The van der Waals surface area contributed by atoms with Crippen LogP contribution in [0.25, 0.3) is 0 Å². The zero-order valence-electron chi connectivity index (χ0n) is 7.63. The smallest absolute Gasteiger partial charge is 0.223 e. The van der Waals surface area contributed by atoms with E-state index in [1.54, 1.807) is 12.4 Å². The first kappa shape index (κ1) is 10.4. The van der Waals surface area contributed by atoms with Crippen LogP contribution in [0.2, 0.25) is 0 Å². The average Bonchev–Trinajstić information content (AvgIpc) is 2.15. The van der Waals surface area contributed by atoms with E-state index in [1.165, 1.54) is 6.42 Å². The first-order valence-electron chi connectivity index (χ1n) is 4.56. The minimum atomic E-state index is 0.0499. The molecule has 0 saturated heterocycles. The summed E-state index contributed by atoms with van der Waals surface area (Å²) in [6.07, 6.45) is 7.08. The maximum atomic E-state index is 5.92. The van der Waals surface area contributed by atoms with Gasteiger partial charge in [0.25, 0.3) is 0 Å². The molecule has 0 bridgehead atoms. The summed E-state index contributed by atoms with van der Waals surface area (Å²) in [5.41, 5.74) is 0.0499. The standard InChI is InChI=1S/C9H11ClIN3/c10-6-9(2-1-3-9)14-8-12-4-7(11)5-13-8/h4-5H,1-3,6H2,(H,12,13,14). The number of alkyl halides is 1. The van der Waals surface area contributed by atoms with Crippen LogP contribution in [0, 0.1) is 3.57 Å². The topological polar surface area (TPSA) is 37.8 Å². The largest absolute Gasteiger partial charge is 0.348 e. The number of aromatic nitrogens is 2. The SMILES string of the molecule is ClCC1(Nc2ncc(I)cn2)CCC1. The lowest BCUT2D eigenvalue weighted by Crippen LogP contribution is -2.47. The van der Waals surface area contributed by atoms with Crippen LogP contribution in [0.4, 0.5) is 5.95 Å². The molecule has 0 aliphatic heterocycles. The van der Waals surface area contributed by atoms with Gasteiger partial charge in [0.2, 0.25) is 5.95 Å². The number of nitrogens with one attached hydrogen (secondary N) is 1. The molecule has 1 fully saturated rings. The highest BCUT2D eigenvalue weighted by atomic mass is 127. The Morgan fingerprint density at radius 2 is 2.07 bits per heavy atom. The van der Waals surface area contributed by atoms with Crippen molar-refractivity contribution in [2.24, 2.45) is 0 Å². The number of rotatable bonds is 3. The van der Waals surface area contributed by atoms with Gasteiger partial charge in [0.15, 0.2) is 0 Å². The second-order valence-electron chi connectivity index (χ2n) is 3.62. The zero-order valence-corrected chi connectivity index (χ0v) is 10.5. The van der Waals surface area contributed by atoms with Gasteiger partial charge in [-0.3, -0.25) is 0 Å². The molecule has 0 radical (unpaired) electrons. The lowest BCUT2D eigenvalue weighted by molar-refractivity contribution is 0.309. The molecule has 1 aliphatic rings. The number of nitrogens with zero attached hydrogens (tertiary/aromatic N) is 2. The highest BCUT2D eigenvalue weighted by Gasteiger charge is 2.36. The third kappa shape index (κ3) is 2.11. The van der Waals surface area contributed by atoms with Crippen LogP contribution < -0.4 is 5.32 Å². The van der Waals surface area contributed by atoms with Crippen molar-refractivity contribution >= 4 is 40.1 Å². The first-order chi connectivity index (χ1) is 6.74. The van der Waals surface area contributed by atoms with Crippen LogP contribution in [0.15, 0.2) is 12.4 Å². The molecule has 1 N–H and O–H groups in total. The fourth-order valence-electron chi connectivity index (χ4n) is 1.51. The van der Waals surface area contributed by atoms with Gasteiger partial charge in [0.1, 0.15) is 0 Å². The first-order valence-corrected chi connectivity index (χ1v) is 6.17. The Morgan fingerprint density at radius 1 is 1.43 bits per heavy atom. The predicted molar refractivity (Wildman–Crippen MR) is 65.7 cm³/mol. The van der Waals surface area contributed by atoms with Gasteiger partial charge in [-0.05, 0) is 41.9 Å². The molecule has 5 heteroatoms. The van der Waals surface area contributed by atoms with Crippen molar-refractivity contribution in [1.82, 2.24) is 9.97 Å². The second kappa shape index (κ2) is 4.18. The predicted octanol–water partition coefficient (Wildman–Crippen LogP) is 2.65. The van der Waals surface area contributed by atoms with Gasteiger partial charge in [-0.1, -0.05) is 0 Å². The molecule has 0 aromatic carbocycles. The molecule has 3 nitrogen and oxygen atoms in total.